The molecular weight excluding hydrogens is 313 g/mol. The summed E-state index contributed by atoms with van der Waals surface area (Å²) in [6.07, 6.45) is 0. The number of rotatable bonds is 0. The summed E-state index contributed by atoms with van der Waals surface area (Å²) in [6.45, 7) is 0. The Morgan fingerprint density at radius 1 is 0.889 bits per heavy atom. The molecule has 0 aromatic rings. The van der Waals surface area contributed by atoms with Gasteiger partial charge in [-0.1, -0.05) is 0 Å². The maximum absolute atomic E-state index is 8.25. The van der Waals surface area contributed by atoms with E-state index >= 15 is 0 Å². The predicted molar refractivity (Wildman–Crippen MR) is 30.4 cm³/mol. The van der Waals surface area contributed by atoms with E-state index in [2.05, 4.69) is 0 Å². The summed E-state index contributed by atoms with van der Waals surface area (Å²) in [5, 5.41) is 14.8. The third-order valence-corrected chi connectivity index (χ3v) is 0. The van der Waals surface area contributed by atoms with Gasteiger partial charge in [0.1, 0.15) is 0 Å². The Hall–Kier alpha value is -0.272. The summed E-state index contributed by atoms with van der Waals surface area (Å²) in [5.41, 5.74) is 0. The van der Waals surface area contributed by atoms with E-state index in [1.165, 1.54) is 0 Å². The summed E-state index contributed by atoms with van der Waals surface area (Å²) < 4.78 is 0. The van der Waals surface area contributed by atoms with Gasteiger partial charge in [0.2, 0.25) is 0 Å². The quantitative estimate of drug-likeness (QED) is 0.363. The molecule has 9 heavy (non-hydrogen) atoms. The molecule has 0 radical (unpaired) electrons. The first-order valence-electron chi connectivity index (χ1n) is 0.548. The molecular formula is H12N5O3Pt-. The third kappa shape index (κ3) is 3440. The molecule has 0 unspecified atom stereocenters. The minimum absolute atomic E-state index is 0. The molecule has 0 aliphatic heterocycles. The monoisotopic (exact) mass is 325 g/mol. The van der Waals surface area contributed by atoms with Gasteiger partial charge in [0, 0.05) is 21.1 Å². The Labute approximate surface area is 66.7 Å². The summed E-state index contributed by atoms with van der Waals surface area (Å²) in [6, 6.07) is 0. The first-order valence-corrected chi connectivity index (χ1v) is 0.548. The minimum atomic E-state index is -1.75. The van der Waals surface area contributed by atoms with Gasteiger partial charge in [0.05, 0.1) is 5.09 Å². The van der Waals surface area contributed by atoms with Gasteiger partial charge < -0.3 is 39.9 Å². The van der Waals surface area contributed by atoms with Crippen molar-refractivity contribution < 1.29 is 26.2 Å². The zero-order valence-electron chi connectivity index (χ0n) is 4.82. The molecule has 0 spiro atoms. The Kier molecular flexibility index (Phi) is 366. The van der Waals surface area contributed by atoms with Crippen LogP contribution in [0.3, 0.4) is 0 Å². The van der Waals surface area contributed by atoms with Crippen molar-refractivity contribution >= 4 is 0 Å². The van der Waals surface area contributed by atoms with Crippen molar-refractivity contribution in [1.82, 2.24) is 24.6 Å². The summed E-state index contributed by atoms with van der Waals surface area (Å²) in [4.78, 5) is 8.25. The predicted octanol–water partition coefficient (Wildman–Crippen LogP) is 0.406. The van der Waals surface area contributed by atoms with E-state index in [0.29, 0.717) is 0 Å². The van der Waals surface area contributed by atoms with Crippen LogP contribution < -0.4 is 24.6 Å². The number of hydrogen-bond donors (Lipinski definition) is 4. The minimum Gasteiger partial charge on any atom is -0.356 e. The van der Waals surface area contributed by atoms with E-state index in [1.807, 2.05) is 0 Å². The van der Waals surface area contributed by atoms with Gasteiger partial charge in [0.15, 0.2) is 0 Å². The normalized spacial score (nSPS) is 2.67. The van der Waals surface area contributed by atoms with E-state index in [9.17, 15) is 0 Å². The van der Waals surface area contributed by atoms with Gasteiger partial charge in [-0.15, -0.1) is 0 Å². The van der Waals surface area contributed by atoms with E-state index < -0.39 is 5.09 Å². The van der Waals surface area contributed by atoms with Gasteiger partial charge >= 0.3 is 0 Å². The van der Waals surface area contributed by atoms with Crippen LogP contribution in [-0.4, -0.2) is 5.09 Å². The Morgan fingerprint density at radius 3 is 0.889 bits per heavy atom. The van der Waals surface area contributed by atoms with E-state index in [0.717, 1.165) is 0 Å². The van der Waals surface area contributed by atoms with Gasteiger partial charge in [0.25, 0.3) is 0 Å². The molecule has 8 nitrogen and oxygen atoms in total. The summed E-state index contributed by atoms with van der Waals surface area (Å²) >= 11 is 0. The second-order valence-corrected chi connectivity index (χ2v) is 0.224. The average molecular weight is 325 g/mol. The van der Waals surface area contributed by atoms with E-state index in [1.54, 1.807) is 0 Å². The Morgan fingerprint density at radius 2 is 0.889 bits per heavy atom. The molecule has 0 heterocycles. The van der Waals surface area contributed by atoms with Crippen molar-refractivity contribution in [2.45, 2.75) is 0 Å². The Balaban J connectivity index is -0.00000000450. The van der Waals surface area contributed by atoms with Crippen molar-refractivity contribution in [1.29, 1.82) is 0 Å². The van der Waals surface area contributed by atoms with Crippen LogP contribution in [0.5, 0.6) is 0 Å². The molecule has 0 amide bonds. The van der Waals surface area contributed by atoms with Crippen LogP contribution in [-0.2, 0) is 21.1 Å². The maximum Gasteiger partial charge on any atom is 0.0689 e. The topological polar surface area (TPSA) is 206 Å². The standard InChI is InChI=1S/NO3.4H3N.Pt/c2-1(3)4;;;;;/h;4*1H3;/q-1;;;;;. The molecule has 0 saturated heterocycles. The van der Waals surface area contributed by atoms with Gasteiger partial charge in [-0.3, -0.25) is 0 Å². The first kappa shape index (κ1) is 70.0. The molecule has 0 fully saturated rings. The molecule has 0 saturated carbocycles. The second kappa shape index (κ2) is 47.0. The molecule has 9 heteroatoms. The van der Waals surface area contributed by atoms with Crippen LogP contribution in [0.25, 0.3) is 0 Å². The van der Waals surface area contributed by atoms with E-state index in [-0.39, 0.29) is 45.7 Å². The smallest absolute Gasteiger partial charge is 0.0689 e. The largest absolute Gasteiger partial charge is 0.356 e. The zero-order valence-corrected chi connectivity index (χ0v) is 7.09. The molecule has 0 aliphatic carbocycles. The van der Waals surface area contributed by atoms with E-state index in [4.69, 9.17) is 15.3 Å². The van der Waals surface area contributed by atoms with Gasteiger partial charge in [-0.2, -0.15) is 0 Å². The third-order valence-electron chi connectivity index (χ3n) is 0. The fourth-order valence-electron chi connectivity index (χ4n) is 0. The van der Waals surface area contributed by atoms with Crippen LogP contribution in [0.4, 0.5) is 0 Å². The molecule has 66 valence electrons. The van der Waals surface area contributed by atoms with Crippen LogP contribution in [0, 0.1) is 15.3 Å². The van der Waals surface area contributed by atoms with Crippen LogP contribution in [0.2, 0.25) is 0 Å². The van der Waals surface area contributed by atoms with Crippen molar-refractivity contribution in [3.05, 3.63) is 15.3 Å². The zero-order chi connectivity index (χ0) is 3.58. The molecule has 0 bridgehead atoms. The molecule has 0 rings (SSSR count). The molecule has 0 aromatic carbocycles. The first-order chi connectivity index (χ1) is 1.73. The Bertz CT molecular complexity index is 35.2. The van der Waals surface area contributed by atoms with Crippen molar-refractivity contribution in [3.8, 4) is 0 Å². The maximum atomic E-state index is 8.25. The van der Waals surface area contributed by atoms with Gasteiger partial charge in [-0.05, 0) is 0 Å². The van der Waals surface area contributed by atoms with Crippen molar-refractivity contribution in [2.24, 2.45) is 0 Å². The molecule has 12 N–H and O–H groups in total. The van der Waals surface area contributed by atoms with Crippen molar-refractivity contribution in [3.63, 3.8) is 0 Å². The average Bonchev–Trinajstić information content (AvgIpc) is 0.811. The fourth-order valence-corrected chi connectivity index (χ4v) is 0. The van der Waals surface area contributed by atoms with Crippen LogP contribution in [0.15, 0.2) is 0 Å². The van der Waals surface area contributed by atoms with Gasteiger partial charge in [-0.25, -0.2) is 0 Å². The fraction of sp³-hybridized carbons (Fsp3) is 0. The van der Waals surface area contributed by atoms with Crippen LogP contribution >= 0.6 is 0 Å². The number of nitrogens with zero attached hydrogens (tertiary/aromatic N) is 1. The molecule has 0 aliphatic rings. The second-order valence-electron chi connectivity index (χ2n) is 0.224. The van der Waals surface area contributed by atoms with Crippen LogP contribution in [0.1, 0.15) is 0 Å². The van der Waals surface area contributed by atoms with Crippen molar-refractivity contribution in [2.75, 3.05) is 0 Å². The molecule has 0 aromatic heterocycles. The summed E-state index contributed by atoms with van der Waals surface area (Å²) in [7, 11) is 0. The number of hydrogen-bond acceptors (Lipinski definition) is 7. The summed E-state index contributed by atoms with van der Waals surface area (Å²) in [5.74, 6) is 0. The SMILES string of the molecule is N.N.N.N.O=[N+]([O-])[O-].[Pt]. The molecule has 0 atom stereocenters.